The minimum Gasteiger partial charge on any atom is -0.341 e. The Morgan fingerprint density at radius 2 is 2.38 bits per heavy atom. The summed E-state index contributed by atoms with van der Waals surface area (Å²) in [7, 11) is 0. The zero-order valence-corrected chi connectivity index (χ0v) is 7.33. The van der Waals surface area contributed by atoms with Crippen molar-refractivity contribution in [2.75, 3.05) is 6.54 Å². The van der Waals surface area contributed by atoms with Gasteiger partial charge in [0, 0.05) is 12.6 Å². The van der Waals surface area contributed by atoms with E-state index in [0.717, 1.165) is 29.8 Å². The van der Waals surface area contributed by atoms with Gasteiger partial charge in [-0.15, -0.1) is 0 Å². The van der Waals surface area contributed by atoms with Crippen molar-refractivity contribution in [3.8, 4) is 0 Å². The normalized spacial score (nSPS) is 10.8. The second kappa shape index (κ2) is 3.53. The summed E-state index contributed by atoms with van der Waals surface area (Å²) in [4.78, 5) is 11.7. The lowest BCUT2D eigenvalue weighted by Gasteiger charge is -1.90. The van der Waals surface area contributed by atoms with Crippen molar-refractivity contribution in [2.45, 2.75) is 12.8 Å². The number of nitrogens with one attached hydrogen (secondary N) is 1. The van der Waals surface area contributed by atoms with E-state index in [0.29, 0.717) is 6.54 Å². The van der Waals surface area contributed by atoms with Crippen LogP contribution in [-0.4, -0.2) is 21.5 Å². The number of H-pyrrole nitrogens is 1. The molecule has 0 radical (unpaired) electrons. The highest BCUT2D eigenvalue weighted by atomic mass is 15.0. The quantitative estimate of drug-likeness (QED) is 0.728. The first-order valence-electron chi connectivity index (χ1n) is 4.40. The molecule has 4 heteroatoms. The second-order valence-corrected chi connectivity index (χ2v) is 2.95. The van der Waals surface area contributed by atoms with E-state index >= 15 is 0 Å². The molecule has 2 heterocycles. The molecule has 2 aromatic rings. The zero-order chi connectivity index (χ0) is 9.10. The van der Waals surface area contributed by atoms with Crippen molar-refractivity contribution >= 4 is 11.2 Å². The van der Waals surface area contributed by atoms with Crippen molar-refractivity contribution in [3.63, 3.8) is 0 Å². The molecule has 0 spiro atoms. The van der Waals surface area contributed by atoms with E-state index in [1.807, 2.05) is 12.1 Å². The number of nitrogens with two attached hydrogens (primary N) is 1. The maximum Gasteiger partial charge on any atom is 0.177 e. The highest BCUT2D eigenvalue weighted by Gasteiger charge is 2.01. The SMILES string of the molecule is NCCCc1nc2ncccc2[nH]1. The third kappa shape index (κ3) is 1.67. The summed E-state index contributed by atoms with van der Waals surface area (Å²) in [6, 6.07) is 3.87. The molecular weight excluding hydrogens is 164 g/mol. The monoisotopic (exact) mass is 176 g/mol. The summed E-state index contributed by atoms with van der Waals surface area (Å²) in [6.07, 6.45) is 3.60. The molecule has 0 bridgehead atoms. The van der Waals surface area contributed by atoms with Gasteiger partial charge in [0.2, 0.25) is 0 Å². The van der Waals surface area contributed by atoms with Gasteiger partial charge in [0.1, 0.15) is 5.82 Å². The van der Waals surface area contributed by atoms with Gasteiger partial charge in [-0.2, -0.15) is 0 Å². The largest absolute Gasteiger partial charge is 0.341 e. The van der Waals surface area contributed by atoms with Crippen LogP contribution in [0.2, 0.25) is 0 Å². The summed E-state index contributed by atoms with van der Waals surface area (Å²) in [6.45, 7) is 0.699. The van der Waals surface area contributed by atoms with Gasteiger partial charge in [0.05, 0.1) is 5.52 Å². The predicted octanol–water partition coefficient (Wildman–Crippen LogP) is 0.849. The van der Waals surface area contributed by atoms with Gasteiger partial charge in [-0.3, -0.25) is 0 Å². The molecule has 4 nitrogen and oxygen atoms in total. The van der Waals surface area contributed by atoms with E-state index in [1.54, 1.807) is 6.20 Å². The number of hydrogen-bond donors (Lipinski definition) is 2. The van der Waals surface area contributed by atoms with Crippen molar-refractivity contribution < 1.29 is 0 Å². The number of aromatic nitrogens is 3. The Kier molecular flexibility index (Phi) is 2.23. The van der Waals surface area contributed by atoms with Crippen LogP contribution in [0.1, 0.15) is 12.2 Å². The molecule has 0 atom stereocenters. The van der Waals surface area contributed by atoms with Crippen LogP contribution in [0.3, 0.4) is 0 Å². The maximum absolute atomic E-state index is 5.41. The van der Waals surface area contributed by atoms with E-state index in [1.165, 1.54) is 0 Å². The molecule has 0 saturated carbocycles. The third-order valence-electron chi connectivity index (χ3n) is 1.92. The summed E-state index contributed by atoms with van der Waals surface area (Å²) in [5.41, 5.74) is 7.19. The van der Waals surface area contributed by atoms with Crippen molar-refractivity contribution in [1.29, 1.82) is 0 Å². The van der Waals surface area contributed by atoms with Crippen LogP contribution < -0.4 is 5.73 Å². The minimum absolute atomic E-state index is 0.699. The second-order valence-electron chi connectivity index (χ2n) is 2.95. The smallest absolute Gasteiger partial charge is 0.177 e. The van der Waals surface area contributed by atoms with Gasteiger partial charge in [-0.1, -0.05) is 0 Å². The fraction of sp³-hybridized carbons (Fsp3) is 0.333. The van der Waals surface area contributed by atoms with Crippen LogP contribution in [0, 0.1) is 0 Å². The van der Waals surface area contributed by atoms with E-state index < -0.39 is 0 Å². The molecule has 0 aliphatic carbocycles. The molecule has 2 aromatic heterocycles. The lowest BCUT2D eigenvalue weighted by molar-refractivity contribution is 0.796. The Hall–Kier alpha value is -1.42. The molecule has 0 amide bonds. The van der Waals surface area contributed by atoms with Gasteiger partial charge in [0.15, 0.2) is 5.65 Å². The summed E-state index contributed by atoms with van der Waals surface area (Å²) < 4.78 is 0. The molecule has 0 unspecified atom stereocenters. The standard InChI is InChI=1S/C9H12N4/c10-5-1-4-8-12-7-3-2-6-11-9(7)13-8/h2-3,6H,1,4-5,10H2,(H,11,12,13). The highest BCUT2D eigenvalue weighted by Crippen LogP contribution is 2.07. The molecule has 0 fully saturated rings. The number of aromatic amines is 1. The Balaban J connectivity index is 2.28. The van der Waals surface area contributed by atoms with Crippen LogP contribution >= 0.6 is 0 Å². The van der Waals surface area contributed by atoms with Crippen LogP contribution in [0.4, 0.5) is 0 Å². The topological polar surface area (TPSA) is 67.6 Å². The summed E-state index contributed by atoms with van der Waals surface area (Å²) >= 11 is 0. The molecule has 0 aliphatic rings. The van der Waals surface area contributed by atoms with Gasteiger partial charge in [-0.25, -0.2) is 9.97 Å². The molecule has 68 valence electrons. The molecule has 13 heavy (non-hydrogen) atoms. The third-order valence-corrected chi connectivity index (χ3v) is 1.92. The number of fused-ring (bicyclic) bond motifs is 1. The average Bonchev–Trinajstić information content (AvgIpc) is 2.57. The number of aryl methyl sites for hydroxylation is 1. The van der Waals surface area contributed by atoms with Crippen molar-refractivity contribution in [1.82, 2.24) is 15.0 Å². The Bertz CT molecular complexity index is 360. The van der Waals surface area contributed by atoms with E-state index in [2.05, 4.69) is 15.0 Å². The Morgan fingerprint density at radius 1 is 1.46 bits per heavy atom. The molecule has 0 aromatic carbocycles. The van der Waals surface area contributed by atoms with Crippen LogP contribution in [0.5, 0.6) is 0 Å². The van der Waals surface area contributed by atoms with Crippen molar-refractivity contribution in [3.05, 3.63) is 24.2 Å². The average molecular weight is 176 g/mol. The maximum atomic E-state index is 5.41. The summed E-state index contributed by atoms with van der Waals surface area (Å²) in [5, 5.41) is 0. The number of nitrogens with zero attached hydrogens (tertiary/aromatic N) is 2. The number of pyridine rings is 1. The van der Waals surface area contributed by atoms with E-state index in [-0.39, 0.29) is 0 Å². The number of imidazole rings is 1. The molecular formula is C9H12N4. The van der Waals surface area contributed by atoms with Gasteiger partial charge >= 0.3 is 0 Å². The highest BCUT2D eigenvalue weighted by molar-refractivity contribution is 5.69. The first-order chi connectivity index (χ1) is 6.40. The lowest BCUT2D eigenvalue weighted by atomic mass is 10.3. The molecule has 0 saturated heterocycles. The Morgan fingerprint density at radius 3 is 3.15 bits per heavy atom. The number of hydrogen-bond acceptors (Lipinski definition) is 3. The van der Waals surface area contributed by atoms with E-state index in [4.69, 9.17) is 5.73 Å². The fourth-order valence-electron chi connectivity index (χ4n) is 1.28. The predicted molar refractivity (Wildman–Crippen MR) is 51.3 cm³/mol. The van der Waals surface area contributed by atoms with Gasteiger partial charge in [-0.05, 0) is 25.1 Å². The molecule has 3 N–H and O–H groups in total. The van der Waals surface area contributed by atoms with Crippen LogP contribution in [-0.2, 0) is 6.42 Å². The first kappa shape index (κ1) is 8.19. The lowest BCUT2D eigenvalue weighted by Crippen LogP contribution is -2.01. The summed E-state index contributed by atoms with van der Waals surface area (Å²) in [5.74, 6) is 0.971. The minimum atomic E-state index is 0.699. The van der Waals surface area contributed by atoms with Crippen LogP contribution in [0.25, 0.3) is 11.2 Å². The zero-order valence-electron chi connectivity index (χ0n) is 7.33. The van der Waals surface area contributed by atoms with Crippen LogP contribution in [0.15, 0.2) is 18.3 Å². The first-order valence-corrected chi connectivity index (χ1v) is 4.40. The van der Waals surface area contributed by atoms with E-state index in [9.17, 15) is 0 Å². The number of rotatable bonds is 3. The van der Waals surface area contributed by atoms with Crippen molar-refractivity contribution in [2.24, 2.45) is 5.73 Å². The molecule has 2 rings (SSSR count). The van der Waals surface area contributed by atoms with Gasteiger partial charge < -0.3 is 10.7 Å². The fourth-order valence-corrected chi connectivity index (χ4v) is 1.28. The molecule has 0 aliphatic heterocycles. The Labute approximate surface area is 76.2 Å². The van der Waals surface area contributed by atoms with Gasteiger partial charge in [0.25, 0.3) is 0 Å².